The standard InChI is InChI=1S/C9H14N4O/c1-12-8(10)7(6-11-12)9(14)13-4-2-3-5-13/h6H,2-5,10H2,1H3. The van der Waals surface area contributed by atoms with Crippen molar-refractivity contribution in [3.8, 4) is 0 Å². The number of anilines is 1. The van der Waals surface area contributed by atoms with Gasteiger partial charge in [0.05, 0.1) is 6.20 Å². The molecule has 0 aromatic carbocycles. The topological polar surface area (TPSA) is 64.2 Å². The number of hydrogen-bond acceptors (Lipinski definition) is 3. The molecule has 1 amide bonds. The monoisotopic (exact) mass is 194 g/mol. The molecule has 1 fully saturated rings. The van der Waals surface area contributed by atoms with E-state index >= 15 is 0 Å². The second-order valence-corrected chi connectivity index (χ2v) is 3.57. The van der Waals surface area contributed by atoms with E-state index in [1.54, 1.807) is 7.05 Å². The largest absolute Gasteiger partial charge is 0.383 e. The van der Waals surface area contributed by atoms with E-state index in [4.69, 9.17) is 5.73 Å². The normalized spacial score (nSPS) is 16.2. The van der Waals surface area contributed by atoms with Crippen LogP contribution in [-0.2, 0) is 7.05 Å². The van der Waals surface area contributed by atoms with Crippen LogP contribution in [0, 0.1) is 0 Å². The third-order valence-corrected chi connectivity index (χ3v) is 2.61. The molecule has 1 aromatic heterocycles. The van der Waals surface area contributed by atoms with Gasteiger partial charge in [-0.05, 0) is 12.8 Å². The predicted octanol–water partition coefficient (Wildman–Crippen LogP) is 0.238. The van der Waals surface area contributed by atoms with Crippen molar-refractivity contribution in [1.82, 2.24) is 14.7 Å². The molecule has 5 heteroatoms. The Morgan fingerprint density at radius 3 is 2.64 bits per heavy atom. The van der Waals surface area contributed by atoms with Gasteiger partial charge >= 0.3 is 0 Å². The molecule has 5 nitrogen and oxygen atoms in total. The lowest BCUT2D eigenvalue weighted by atomic mass is 10.3. The number of rotatable bonds is 1. The Kier molecular flexibility index (Phi) is 2.15. The lowest BCUT2D eigenvalue weighted by molar-refractivity contribution is 0.0794. The highest BCUT2D eigenvalue weighted by Gasteiger charge is 2.22. The first-order valence-electron chi connectivity index (χ1n) is 4.77. The van der Waals surface area contributed by atoms with Crippen molar-refractivity contribution in [3.63, 3.8) is 0 Å². The summed E-state index contributed by atoms with van der Waals surface area (Å²) in [4.78, 5) is 13.7. The number of nitrogen functional groups attached to an aromatic ring is 1. The molecule has 0 spiro atoms. The van der Waals surface area contributed by atoms with Crippen LogP contribution in [0.5, 0.6) is 0 Å². The van der Waals surface area contributed by atoms with Gasteiger partial charge in [-0.25, -0.2) is 0 Å². The highest BCUT2D eigenvalue weighted by Crippen LogP contribution is 2.16. The molecule has 0 aliphatic carbocycles. The minimum absolute atomic E-state index is 0.00750. The van der Waals surface area contributed by atoms with Crippen LogP contribution in [0.2, 0.25) is 0 Å². The summed E-state index contributed by atoms with van der Waals surface area (Å²) in [5.41, 5.74) is 6.25. The molecule has 1 aliphatic heterocycles. The van der Waals surface area contributed by atoms with E-state index in [2.05, 4.69) is 5.10 Å². The van der Waals surface area contributed by atoms with E-state index in [0.717, 1.165) is 25.9 Å². The summed E-state index contributed by atoms with van der Waals surface area (Å²) in [6, 6.07) is 0. The van der Waals surface area contributed by atoms with Crippen molar-refractivity contribution in [2.45, 2.75) is 12.8 Å². The summed E-state index contributed by atoms with van der Waals surface area (Å²) >= 11 is 0. The molecule has 0 bridgehead atoms. The van der Waals surface area contributed by atoms with Crippen molar-refractivity contribution in [2.75, 3.05) is 18.8 Å². The van der Waals surface area contributed by atoms with Gasteiger partial charge in [0, 0.05) is 20.1 Å². The summed E-state index contributed by atoms with van der Waals surface area (Å²) in [6.45, 7) is 1.68. The van der Waals surface area contributed by atoms with E-state index in [0.29, 0.717) is 11.4 Å². The van der Waals surface area contributed by atoms with Gasteiger partial charge < -0.3 is 10.6 Å². The molecule has 1 saturated heterocycles. The van der Waals surface area contributed by atoms with Crippen LogP contribution in [0.15, 0.2) is 6.20 Å². The fraction of sp³-hybridized carbons (Fsp3) is 0.556. The van der Waals surface area contributed by atoms with Crippen molar-refractivity contribution in [3.05, 3.63) is 11.8 Å². The highest BCUT2D eigenvalue weighted by atomic mass is 16.2. The first-order valence-corrected chi connectivity index (χ1v) is 4.77. The smallest absolute Gasteiger partial charge is 0.259 e. The van der Waals surface area contributed by atoms with Crippen LogP contribution in [0.25, 0.3) is 0 Å². The number of aryl methyl sites for hydroxylation is 1. The zero-order valence-electron chi connectivity index (χ0n) is 8.23. The number of nitrogens with zero attached hydrogens (tertiary/aromatic N) is 3. The first kappa shape index (κ1) is 9.05. The minimum atomic E-state index is 0.00750. The lowest BCUT2D eigenvalue weighted by Crippen LogP contribution is -2.28. The summed E-state index contributed by atoms with van der Waals surface area (Å²) < 4.78 is 1.52. The maximum Gasteiger partial charge on any atom is 0.259 e. The Balaban J connectivity index is 2.22. The number of likely N-dealkylation sites (tertiary alicyclic amines) is 1. The van der Waals surface area contributed by atoms with Crippen LogP contribution >= 0.6 is 0 Å². The second kappa shape index (κ2) is 3.32. The lowest BCUT2D eigenvalue weighted by Gasteiger charge is -2.14. The fourth-order valence-electron chi connectivity index (χ4n) is 1.70. The molecule has 76 valence electrons. The van der Waals surface area contributed by atoms with Crippen molar-refractivity contribution >= 4 is 11.7 Å². The van der Waals surface area contributed by atoms with Gasteiger partial charge in [0.1, 0.15) is 11.4 Å². The van der Waals surface area contributed by atoms with Gasteiger partial charge in [-0.2, -0.15) is 5.10 Å². The number of carbonyl (C=O) groups is 1. The molecule has 0 atom stereocenters. The van der Waals surface area contributed by atoms with Gasteiger partial charge in [0.2, 0.25) is 0 Å². The molecule has 2 heterocycles. The fourth-order valence-corrected chi connectivity index (χ4v) is 1.70. The average molecular weight is 194 g/mol. The molecule has 0 saturated carbocycles. The van der Waals surface area contributed by atoms with E-state index < -0.39 is 0 Å². The maximum atomic E-state index is 11.9. The maximum absolute atomic E-state index is 11.9. The quantitative estimate of drug-likeness (QED) is 0.696. The summed E-state index contributed by atoms with van der Waals surface area (Å²) in [5.74, 6) is 0.454. The highest BCUT2D eigenvalue weighted by molar-refractivity contribution is 5.98. The van der Waals surface area contributed by atoms with Crippen LogP contribution in [0.3, 0.4) is 0 Å². The van der Waals surface area contributed by atoms with E-state index in [1.807, 2.05) is 4.90 Å². The molecular formula is C9H14N4O. The molecular weight excluding hydrogens is 180 g/mol. The minimum Gasteiger partial charge on any atom is -0.383 e. The van der Waals surface area contributed by atoms with Crippen LogP contribution in [0.4, 0.5) is 5.82 Å². The third-order valence-electron chi connectivity index (χ3n) is 2.61. The number of carbonyl (C=O) groups excluding carboxylic acids is 1. The van der Waals surface area contributed by atoms with Gasteiger partial charge in [-0.15, -0.1) is 0 Å². The molecule has 14 heavy (non-hydrogen) atoms. The first-order chi connectivity index (χ1) is 6.70. The SMILES string of the molecule is Cn1ncc(C(=O)N2CCCC2)c1N. The zero-order valence-corrected chi connectivity index (χ0v) is 8.23. The number of nitrogens with two attached hydrogens (primary N) is 1. The Labute approximate surface area is 82.5 Å². The Hall–Kier alpha value is -1.52. The molecule has 2 N–H and O–H groups in total. The van der Waals surface area contributed by atoms with E-state index in [-0.39, 0.29) is 5.91 Å². The summed E-state index contributed by atoms with van der Waals surface area (Å²) in [7, 11) is 1.73. The molecule has 0 unspecified atom stereocenters. The van der Waals surface area contributed by atoms with Crippen molar-refractivity contribution < 1.29 is 4.79 Å². The van der Waals surface area contributed by atoms with E-state index in [1.165, 1.54) is 10.9 Å². The van der Waals surface area contributed by atoms with Crippen molar-refractivity contribution in [1.29, 1.82) is 0 Å². The molecule has 0 radical (unpaired) electrons. The zero-order chi connectivity index (χ0) is 10.1. The number of amides is 1. The molecule has 1 aliphatic rings. The van der Waals surface area contributed by atoms with Gasteiger partial charge in [0.15, 0.2) is 0 Å². The van der Waals surface area contributed by atoms with Gasteiger partial charge in [0.25, 0.3) is 5.91 Å². The molecule has 1 aromatic rings. The number of hydrogen-bond donors (Lipinski definition) is 1. The Bertz CT molecular complexity index is 352. The Morgan fingerprint density at radius 1 is 1.50 bits per heavy atom. The van der Waals surface area contributed by atoms with Gasteiger partial charge in [-0.1, -0.05) is 0 Å². The van der Waals surface area contributed by atoms with Crippen molar-refractivity contribution in [2.24, 2.45) is 7.05 Å². The van der Waals surface area contributed by atoms with Gasteiger partial charge in [-0.3, -0.25) is 9.48 Å². The predicted molar refractivity (Wildman–Crippen MR) is 52.8 cm³/mol. The summed E-state index contributed by atoms with van der Waals surface area (Å²) in [6.07, 6.45) is 3.72. The van der Waals surface area contributed by atoms with Crippen LogP contribution in [-0.4, -0.2) is 33.7 Å². The van der Waals surface area contributed by atoms with E-state index in [9.17, 15) is 4.79 Å². The second-order valence-electron chi connectivity index (χ2n) is 3.57. The third kappa shape index (κ3) is 1.34. The average Bonchev–Trinajstić information content (AvgIpc) is 2.77. The van der Waals surface area contributed by atoms with Crippen LogP contribution < -0.4 is 5.73 Å². The summed E-state index contributed by atoms with van der Waals surface area (Å²) in [5, 5.41) is 3.95. The number of aromatic nitrogens is 2. The Morgan fingerprint density at radius 2 is 2.14 bits per heavy atom. The van der Waals surface area contributed by atoms with Crippen LogP contribution in [0.1, 0.15) is 23.2 Å². The molecule has 2 rings (SSSR count).